The second kappa shape index (κ2) is 4.92. The lowest BCUT2D eigenvalue weighted by Crippen LogP contribution is -2.14. The van der Waals surface area contributed by atoms with Gasteiger partial charge in [0.1, 0.15) is 5.52 Å². The fourth-order valence-corrected chi connectivity index (χ4v) is 2.35. The Labute approximate surface area is 125 Å². The summed E-state index contributed by atoms with van der Waals surface area (Å²) in [6.07, 6.45) is 5.00. The van der Waals surface area contributed by atoms with Crippen LogP contribution in [0.25, 0.3) is 28.2 Å². The monoisotopic (exact) mass is 289 g/mol. The van der Waals surface area contributed by atoms with E-state index in [4.69, 9.17) is 0 Å². The van der Waals surface area contributed by atoms with E-state index in [0.29, 0.717) is 17.0 Å². The molecule has 0 aliphatic carbocycles. The molecule has 0 bridgehead atoms. The Kier molecular flexibility index (Phi) is 2.79. The maximum Gasteiger partial charge on any atom is 0.332 e. The molecular formula is C16H11N5O. The molecule has 0 fully saturated rings. The van der Waals surface area contributed by atoms with E-state index in [1.807, 2.05) is 42.5 Å². The molecule has 0 aliphatic rings. The molecule has 6 nitrogen and oxygen atoms in total. The van der Waals surface area contributed by atoms with Gasteiger partial charge in [0, 0.05) is 18.0 Å². The SMILES string of the molecule is O=c1[nH]c2cnc(-c3cccnc3)nc2n1-c1ccccc1. The molecule has 4 rings (SSSR count). The number of benzene rings is 1. The van der Waals surface area contributed by atoms with Gasteiger partial charge in [0.25, 0.3) is 0 Å². The van der Waals surface area contributed by atoms with Gasteiger partial charge in [-0.2, -0.15) is 0 Å². The van der Waals surface area contributed by atoms with Crippen molar-refractivity contribution >= 4 is 11.2 Å². The zero-order chi connectivity index (χ0) is 14.9. The minimum absolute atomic E-state index is 0.237. The predicted molar refractivity (Wildman–Crippen MR) is 82.7 cm³/mol. The number of hydrogen-bond donors (Lipinski definition) is 1. The van der Waals surface area contributed by atoms with Crippen molar-refractivity contribution in [2.24, 2.45) is 0 Å². The molecule has 0 saturated carbocycles. The fraction of sp³-hybridized carbons (Fsp3) is 0. The minimum Gasteiger partial charge on any atom is -0.303 e. The Morgan fingerprint density at radius 2 is 1.86 bits per heavy atom. The van der Waals surface area contributed by atoms with Crippen LogP contribution in [0.4, 0.5) is 0 Å². The number of imidazole rings is 1. The van der Waals surface area contributed by atoms with Crippen molar-refractivity contribution in [3.05, 3.63) is 71.5 Å². The third-order valence-corrected chi connectivity index (χ3v) is 3.36. The van der Waals surface area contributed by atoms with E-state index < -0.39 is 0 Å². The van der Waals surface area contributed by atoms with Crippen molar-refractivity contribution in [1.82, 2.24) is 24.5 Å². The Bertz CT molecular complexity index is 989. The van der Waals surface area contributed by atoms with Crippen molar-refractivity contribution in [2.45, 2.75) is 0 Å². The first-order chi connectivity index (χ1) is 10.8. The van der Waals surface area contributed by atoms with Crippen molar-refractivity contribution < 1.29 is 0 Å². The first kappa shape index (κ1) is 12.5. The summed E-state index contributed by atoms with van der Waals surface area (Å²) in [5, 5.41) is 0. The molecule has 22 heavy (non-hydrogen) atoms. The van der Waals surface area contributed by atoms with E-state index in [1.165, 1.54) is 4.57 Å². The zero-order valence-electron chi connectivity index (χ0n) is 11.5. The lowest BCUT2D eigenvalue weighted by molar-refractivity contribution is 0.998. The van der Waals surface area contributed by atoms with Crippen molar-refractivity contribution in [3.63, 3.8) is 0 Å². The molecule has 0 atom stereocenters. The topological polar surface area (TPSA) is 76.5 Å². The average molecular weight is 289 g/mol. The third kappa shape index (κ3) is 1.98. The molecule has 0 amide bonds. The molecule has 4 aromatic rings. The quantitative estimate of drug-likeness (QED) is 0.613. The summed E-state index contributed by atoms with van der Waals surface area (Å²) in [6.45, 7) is 0. The van der Waals surface area contributed by atoms with Crippen LogP contribution < -0.4 is 5.69 Å². The number of nitrogens with one attached hydrogen (secondary N) is 1. The van der Waals surface area contributed by atoms with E-state index in [1.54, 1.807) is 18.6 Å². The van der Waals surface area contributed by atoms with E-state index in [-0.39, 0.29) is 5.69 Å². The summed E-state index contributed by atoms with van der Waals surface area (Å²) in [6, 6.07) is 13.1. The molecule has 1 N–H and O–H groups in total. The van der Waals surface area contributed by atoms with Crippen LogP contribution in [0.3, 0.4) is 0 Å². The van der Waals surface area contributed by atoms with Crippen LogP contribution in [0.5, 0.6) is 0 Å². The summed E-state index contributed by atoms with van der Waals surface area (Å²) in [4.78, 5) is 27.9. The average Bonchev–Trinajstić information content (AvgIpc) is 2.91. The molecule has 0 unspecified atom stereocenters. The number of pyridine rings is 1. The van der Waals surface area contributed by atoms with Crippen LogP contribution in [-0.4, -0.2) is 24.5 Å². The summed E-state index contributed by atoms with van der Waals surface area (Å²) in [5.41, 5.74) is 2.47. The number of fused-ring (bicyclic) bond motifs is 1. The second-order valence-corrected chi connectivity index (χ2v) is 4.77. The fourth-order valence-electron chi connectivity index (χ4n) is 2.35. The smallest absolute Gasteiger partial charge is 0.303 e. The number of rotatable bonds is 2. The highest BCUT2D eigenvalue weighted by atomic mass is 16.1. The predicted octanol–water partition coefficient (Wildman–Crippen LogP) is 2.17. The Morgan fingerprint density at radius 1 is 1.00 bits per heavy atom. The van der Waals surface area contributed by atoms with Crippen molar-refractivity contribution in [3.8, 4) is 17.1 Å². The lowest BCUT2D eigenvalue weighted by Gasteiger charge is -2.03. The molecule has 1 aromatic carbocycles. The van der Waals surface area contributed by atoms with Gasteiger partial charge in [0.15, 0.2) is 11.5 Å². The van der Waals surface area contributed by atoms with Gasteiger partial charge >= 0.3 is 5.69 Å². The Morgan fingerprint density at radius 3 is 2.64 bits per heavy atom. The number of nitrogens with zero attached hydrogens (tertiary/aromatic N) is 4. The molecule has 3 heterocycles. The van der Waals surface area contributed by atoms with Crippen LogP contribution in [0.15, 0.2) is 65.8 Å². The molecule has 6 heteroatoms. The summed E-state index contributed by atoms with van der Waals surface area (Å²) >= 11 is 0. The van der Waals surface area contributed by atoms with Crippen LogP contribution >= 0.6 is 0 Å². The number of aromatic amines is 1. The Hall–Kier alpha value is -3.28. The van der Waals surface area contributed by atoms with Gasteiger partial charge in [0.05, 0.1) is 11.9 Å². The second-order valence-electron chi connectivity index (χ2n) is 4.77. The number of para-hydroxylation sites is 1. The first-order valence-corrected chi connectivity index (χ1v) is 6.76. The molecule has 0 radical (unpaired) electrons. The largest absolute Gasteiger partial charge is 0.332 e. The van der Waals surface area contributed by atoms with Crippen LogP contribution in [0, 0.1) is 0 Å². The first-order valence-electron chi connectivity index (χ1n) is 6.76. The van der Waals surface area contributed by atoms with Crippen LogP contribution in [0.2, 0.25) is 0 Å². The molecule has 106 valence electrons. The number of aromatic nitrogens is 5. The van der Waals surface area contributed by atoms with Crippen LogP contribution in [-0.2, 0) is 0 Å². The molecular weight excluding hydrogens is 278 g/mol. The van der Waals surface area contributed by atoms with E-state index in [0.717, 1.165) is 11.3 Å². The number of hydrogen-bond acceptors (Lipinski definition) is 4. The van der Waals surface area contributed by atoms with E-state index in [9.17, 15) is 4.79 Å². The van der Waals surface area contributed by atoms with Crippen molar-refractivity contribution in [1.29, 1.82) is 0 Å². The molecule has 3 aromatic heterocycles. The maximum atomic E-state index is 12.2. The van der Waals surface area contributed by atoms with Gasteiger partial charge in [-0.05, 0) is 24.3 Å². The third-order valence-electron chi connectivity index (χ3n) is 3.36. The van der Waals surface area contributed by atoms with Gasteiger partial charge in [0.2, 0.25) is 0 Å². The standard InChI is InChI=1S/C16H11N5O/c22-16-19-13-10-18-14(11-5-4-8-17-9-11)20-15(13)21(16)12-6-2-1-3-7-12/h1-10H,(H,19,22). The lowest BCUT2D eigenvalue weighted by atomic mass is 10.2. The minimum atomic E-state index is -0.237. The summed E-state index contributed by atoms with van der Waals surface area (Å²) < 4.78 is 1.54. The number of H-pyrrole nitrogens is 1. The van der Waals surface area contributed by atoms with Crippen molar-refractivity contribution in [2.75, 3.05) is 0 Å². The molecule has 0 aliphatic heterocycles. The van der Waals surface area contributed by atoms with Crippen LogP contribution in [0.1, 0.15) is 0 Å². The maximum absolute atomic E-state index is 12.2. The molecule has 0 spiro atoms. The Balaban J connectivity index is 1.98. The van der Waals surface area contributed by atoms with Gasteiger partial charge in [-0.15, -0.1) is 0 Å². The summed E-state index contributed by atoms with van der Waals surface area (Å²) in [7, 11) is 0. The summed E-state index contributed by atoms with van der Waals surface area (Å²) in [5.74, 6) is 0.532. The normalized spacial score (nSPS) is 10.9. The van der Waals surface area contributed by atoms with E-state index in [2.05, 4.69) is 19.9 Å². The van der Waals surface area contributed by atoms with Gasteiger partial charge in [-0.3, -0.25) is 4.98 Å². The highest BCUT2D eigenvalue weighted by Crippen LogP contribution is 2.17. The van der Waals surface area contributed by atoms with Gasteiger partial charge in [-0.1, -0.05) is 18.2 Å². The highest BCUT2D eigenvalue weighted by Gasteiger charge is 2.12. The zero-order valence-corrected chi connectivity index (χ0v) is 11.5. The highest BCUT2D eigenvalue weighted by molar-refractivity contribution is 5.74. The van der Waals surface area contributed by atoms with E-state index >= 15 is 0 Å². The molecule has 0 saturated heterocycles. The van der Waals surface area contributed by atoms with Gasteiger partial charge in [-0.25, -0.2) is 19.3 Å². The van der Waals surface area contributed by atoms with Gasteiger partial charge < -0.3 is 4.98 Å².